The predicted octanol–water partition coefficient (Wildman–Crippen LogP) is 3.33. The van der Waals surface area contributed by atoms with Gasteiger partial charge in [0.25, 0.3) is 0 Å². The van der Waals surface area contributed by atoms with Crippen LogP contribution in [-0.4, -0.2) is 43.4 Å². The molecule has 0 saturated carbocycles. The highest BCUT2D eigenvalue weighted by Gasteiger charge is 2.18. The van der Waals surface area contributed by atoms with Crippen LogP contribution >= 0.6 is 0 Å². The van der Waals surface area contributed by atoms with Crippen molar-refractivity contribution in [3.63, 3.8) is 0 Å². The van der Waals surface area contributed by atoms with Gasteiger partial charge in [0, 0.05) is 31.4 Å². The fraction of sp³-hybridized carbons (Fsp3) is 0.381. The number of carboxylic acids is 1. The molecular formula is C21H26N2O3. The van der Waals surface area contributed by atoms with Crippen molar-refractivity contribution < 1.29 is 14.6 Å². The Balaban J connectivity index is 1.37. The van der Waals surface area contributed by atoms with Gasteiger partial charge >= 0.3 is 5.97 Å². The Morgan fingerprint density at radius 1 is 1.19 bits per heavy atom. The van der Waals surface area contributed by atoms with Crippen LogP contribution in [0.3, 0.4) is 0 Å². The van der Waals surface area contributed by atoms with Gasteiger partial charge in [0.2, 0.25) is 0 Å². The molecule has 0 spiro atoms. The van der Waals surface area contributed by atoms with Crippen LogP contribution in [0.15, 0.2) is 48.5 Å². The summed E-state index contributed by atoms with van der Waals surface area (Å²) in [4.78, 5) is 13.4. The van der Waals surface area contributed by atoms with Gasteiger partial charge in [0.15, 0.2) is 0 Å². The summed E-state index contributed by atoms with van der Waals surface area (Å²) in [6.07, 6.45) is 2.23. The summed E-state index contributed by atoms with van der Waals surface area (Å²) in [6, 6.07) is 15.8. The molecule has 1 aliphatic rings. The van der Waals surface area contributed by atoms with Crippen molar-refractivity contribution in [2.45, 2.75) is 25.8 Å². The van der Waals surface area contributed by atoms with Crippen molar-refractivity contribution in [3.05, 3.63) is 59.7 Å². The second-order valence-corrected chi connectivity index (χ2v) is 6.73. The molecule has 0 unspecified atom stereocenters. The molecule has 0 bridgehead atoms. The lowest BCUT2D eigenvalue weighted by atomic mass is 10.0. The minimum atomic E-state index is -0.936. The summed E-state index contributed by atoms with van der Waals surface area (Å²) < 4.78 is 5.65. The molecule has 1 saturated heterocycles. The van der Waals surface area contributed by atoms with E-state index in [1.165, 1.54) is 11.3 Å². The first kappa shape index (κ1) is 18.3. The molecule has 2 aromatic carbocycles. The van der Waals surface area contributed by atoms with E-state index < -0.39 is 5.97 Å². The molecule has 2 aromatic rings. The number of ether oxygens (including phenoxy) is 1. The van der Waals surface area contributed by atoms with Gasteiger partial charge in [0.05, 0.1) is 5.56 Å². The van der Waals surface area contributed by atoms with Crippen molar-refractivity contribution in [2.24, 2.45) is 0 Å². The first-order valence-electron chi connectivity index (χ1n) is 9.13. The van der Waals surface area contributed by atoms with Crippen LogP contribution in [0.4, 0.5) is 5.69 Å². The zero-order valence-electron chi connectivity index (χ0n) is 15.1. The Hall–Kier alpha value is -2.53. The molecule has 138 valence electrons. The van der Waals surface area contributed by atoms with E-state index in [1.807, 2.05) is 0 Å². The van der Waals surface area contributed by atoms with Gasteiger partial charge in [-0.25, -0.2) is 4.79 Å². The maximum absolute atomic E-state index is 11.0. The SMILES string of the molecule is Cc1ccc(N2CCC(NCCOc3cccc(C(=O)O)c3)CC2)cc1. The standard InChI is InChI=1S/C21H26N2O3/c1-16-5-7-19(8-6-16)23-12-9-18(10-13-23)22-11-14-26-20-4-2-3-17(15-20)21(24)25/h2-8,15,18,22H,9-14H2,1H3,(H,24,25). The molecule has 5 heteroatoms. The van der Waals surface area contributed by atoms with E-state index in [1.54, 1.807) is 24.3 Å². The van der Waals surface area contributed by atoms with Gasteiger partial charge in [0.1, 0.15) is 12.4 Å². The number of hydrogen-bond acceptors (Lipinski definition) is 4. The second kappa shape index (κ2) is 8.72. The Kier molecular flexibility index (Phi) is 6.12. The fourth-order valence-corrected chi connectivity index (χ4v) is 3.25. The highest BCUT2D eigenvalue weighted by atomic mass is 16.5. The maximum atomic E-state index is 11.0. The minimum Gasteiger partial charge on any atom is -0.492 e. The van der Waals surface area contributed by atoms with Crippen LogP contribution in [0, 0.1) is 6.92 Å². The summed E-state index contributed by atoms with van der Waals surface area (Å²) in [6.45, 7) is 5.51. The Morgan fingerprint density at radius 2 is 1.92 bits per heavy atom. The van der Waals surface area contributed by atoms with Gasteiger partial charge < -0.3 is 20.1 Å². The Bertz CT molecular complexity index is 722. The lowest BCUT2D eigenvalue weighted by Crippen LogP contribution is -2.43. The van der Waals surface area contributed by atoms with E-state index in [0.717, 1.165) is 32.5 Å². The van der Waals surface area contributed by atoms with Crippen molar-refractivity contribution in [2.75, 3.05) is 31.1 Å². The molecule has 1 heterocycles. The number of hydrogen-bond donors (Lipinski definition) is 2. The maximum Gasteiger partial charge on any atom is 0.335 e. The molecule has 3 rings (SSSR count). The lowest BCUT2D eigenvalue weighted by Gasteiger charge is -2.34. The third-order valence-corrected chi connectivity index (χ3v) is 4.78. The number of piperidine rings is 1. The molecule has 0 radical (unpaired) electrons. The summed E-state index contributed by atoms with van der Waals surface area (Å²) in [5.41, 5.74) is 2.84. The van der Waals surface area contributed by atoms with Gasteiger partial charge in [-0.15, -0.1) is 0 Å². The number of aromatic carboxylic acids is 1. The molecule has 0 aliphatic carbocycles. The number of carbonyl (C=O) groups is 1. The van der Waals surface area contributed by atoms with Gasteiger partial charge in [-0.1, -0.05) is 23.8 Å². The molecule has 0 aromatic heterocycles. The van der Waals surface area contributed by atoms with Gasteiger partial charge in [-0.3, -0.25) is 0 Å². The van der Waals surface area contributed by atoms with E-state index in [0.29, 0.717) is 18.4 Å². The molecule has 0 amide bonds. The normalized spacial score (nSPS) is 15.0. The number of nitrogens with zero attached hydrogens (tertiary/aromatic N) is 1. The average molecular weight is 354 g/mol. The van der Waals surface area contributed by atoms with Crippen LogP contribution in [0.2, 0.25) is 0 Å². The molecule has 5 nitrogen and oxygen atoms in total. The number of carboxylic acid groups (broad SMARTS) is 1. The van der Waals surface area contributed by atoms with Crippen molar-refractivity contribution in [1.82, 2.24) is 5.32 Å². The van der Waals surface area contributed by atoms with Crippen molar-refractivity contribution in [3.8, 4) is 5.75 Å². The lowest BCUT2D eigenvalue weighted by molar-refractivity contribution is 0.0696. The third kappa shape index (κ3) is 4.99. The molecule has 2 N–H and O–H groups in total. The molecule has 1 aliphatic heterocycles. The molecule has 1 fully saturated rings. The topological polar surface area (TPSA) is 61.8 Å². The Labute approximate surface area is 154 Å². The van der Waals surface area contributed by atoms with Gasteiger partial charge in [-0.05, 0) is 50.1 Å². The van der Waals surface area contributed by atoms with E-state index >= 15 is 0 Å². The van der Waals surface area contributed by atoms with Crippen LogP contribution in [-0.2, 0) is 0 Å². The van der Waals surface area contributed by atoms with Crippen LogP contribution in [0.5, 0.6) is 5.75 Å². The molecule has 0 atom stereocenters. The molecular weight excluding hydrogens is 328 g/mol. The fourth-order valence-electron chi connectivity index (χ4n) is 3.25. The third-order valence-electron chi connectivity index (χ3n) is 4.78. The summed E-state index contributed by atoms with van der Waals surface area (Å²) in [7, 11) is 0. The van der Waals surface area contributed by atoms with Crippen molar-refractivity contribution in [1.29, 1.82) is 0 Å². The van der Waals surface area contributed by atoms with Crippen LogP contribution in [0.1, 0.15) is 28.8 Å². The smallest absolute Gasteiger partial charge is 0.335 e. The molecule has 26 heavy (non-hydrogen) atoms. The number of anilines is 1. The zero-order valence-corrected chi connectivity index (χ0v) is 15.1. The highest BCUT2D eigenvalue weighted by molar-refractivity contribution is 5.87. The highest BCUT2D eigenvalue weighted by Crippen LogP contribution is 2.20. The number of benzene rings is 2. The largest absolute Gasteiger partial charge is 0.492 e. The number of nitrogens with one attached hydrogen (secondary N) is 1. The quantitative estimate of drug-likeness (QED) is 0.747. The second-order valence-electron chi connectivity index (χ2n) is 6.73. The number of rotatable bonds is 7. The van der Waals surface area contributed by atoms with Crippen LogP contribution in [0.25, 0.3) is 0 Å². The van der Waals surface area contributed by atoms with Gasteiger partial charge in [-0.2, -0.15) is 0 Å². The summed E-state index contributed by atoms with van der Waals surface area (Å²) >= 11 is 0. The van der Waals surface area contributed by atoms with Crippen LogP contribution < -0.4 is 15.0 Å². The number of aryl methyl sites for hydroxylation is 1. The van der Waals surface area contributed by atoms with Crippen molar-refractivity contribution >= 4 is 11.7 Å². The van der Waals surface area contributed by atoms with E-state index in [4.69, 9.17) is 9.84 Å². The summed E-state index contributed by atoms with van der Waals surface area (Å²) in [5, 5.41) is 12.5. The predicted molar refractivity (Wildman–Crippen MR) is 103 cm³/mol. The monoisotopic (exact) mass is 354 g/mol. The van der Waals surface area contributed by atoms with E-state index in [-0.39, 0.29) is 5.56 Å². The average Bonchev–Trinajstić information content (AvgIpc) is 2.67. The van der Waals surface area contributed by atoms with E-state index in [2.05, 4.69) is 41.4 Å². The Morgan fingerprint density at radius 3 is 2.62 bits per heavy atom. The zero-order chi connectivity index (χ0) is 18.4. The first-order valence-corrected chi connectivity index (χ1v) is 9.13. The van der Waals surface area contributed by atoms with E-state index in [9.17, 15) is 4.79 Å². The first-order chi connectivity index (χ1) is 12.6. The summed E-state index contributed by atoms with van der Waals surface area (Å²) in [5.74, 6) is -0.338. The minimum absolute atomic E-state index is 0.249.